The topological polar surface area (TPSA) is 92.8 Å². The zero-order valence-electron chi connectivity index (χ0n) is 10.1. The number of carbonyl (C=O) groups is 1. The molecule has 0 aromatic heterocycles. The second-order valence-corrected chi connectivity index (χ2v) is 4.57. The molecule has 0 aliphatic heterocycles. The molecule has 0 heterocycles. The lowest BCUT2D eigenvalue weighted by Gasteiger charge is -2.39. The second kappa shape index (κ2) is 4.96. The van der Waals surface area contributed by atoms with Gasteiger partial charge in [0.05, 0.1) is 6.61 Å². The molecule has 0 saturated heterocycles. The third-order valence-corrected chi connectivity index (χ3v) is 3.36. The van der Waals surface area contributed by atoms with Crippen molar-refractivity contribution in [1.82, 2.24) is 0 Å². The molecule has 1 aromatic carbocycles. The molecule has 2 rings (SSSR count). The van der Waals surface area contributed by atoms with Gasteiger partial charge in [-0.05, 0) is 25.3 Å². The Balaban J connectivity index is 2.27. The molecule has 1 aliphatic carbocycles. The van der Waals surface area contributed by atoms with E-state index in [1.807, 2.05) is 0 Å². The first-order valence-corrected chi connectivity index (χ1v) is 5.98. The number of aromatic hydroxyl groups is 1. The van der Waals surface area contributed by atoms with E-state index in [-0.39, 0.29) is 24.5 Å². The maximum absolute atomic E-state index is 11.7. The molecule has 1 aromatic rings. The summed E-state index contributed by atoms with van der Waals surface area (Å²) in [7, 11) is 0. The van der Waals surface area contributed by atoms with Gasteiger partial charge >= 0.3 is 5.97 Å². The monoisotopic (exact) mass is 251 g/mol. The zero-order valence-corrected chi connectivity index (χ0v) is 10.1. The van der Waals surface area contributed by atoms with E-state index < -0.39 is 11.5 Å². The predicted molar refractivity (Wildman–Crippen MR) is 65.2 cm³/mol. The van der Waals surface area contributed by atoms with Crippen molar-refractivity contribution < 1.29 is 19.7 Å². The molecule has 0 spiro atoms. The van der Waals surface area contributed by atoms with E-state index in [2.05, 4.69) is 0 Å². The number of esters is 1. The van der Waals surface area contributed by atoms with Crippen molar-refractivity contribution >= 4 is 5.97 Å². The summed E-state index contributed by atoms with van der Waals surface area (Å²) in [5, 5.41) is 18.7. The van der Waals surface area contributed by atoms with Gasteiger partial charge in [-0.3, -0.25) is 0 Å². The average molecular weight is 251 g/mol. The first kappa shape index (κ1) is 12.9. The molecule has 4 N–H and O–H groups in total. The number of carbonyl (C=O) groups excluding carboxylic acids is 1. The van der Waals surface area contributed by atoms with Crippen molar-refractivity contribution in [3.8, 4) is 5.75 Å². The summed E-state index contributed by atoms with van der Waals surface area (Å²) in [4.78, 5) is 11.7. The SMILES string of the molecule is NC1(c2cccc(C(=O)OCCO)c2O)CCC1. The molecular weight excluding hydrogens is 234 g/mol. The van der Waals surface area contributed by atoms with E-state index in [0.717, 1.165) is 19.3 Å². The van der Waals surface area contributed by atoms with Crippen LogP contribution < -0.4 is 5.73 Å². The molecule has 0 bridgehead atoms. The van der Waals surface area contributed by atoms with Gasteiger partial charge < -0.3 is 20.7 Å². The number of benzene rings is 1. The van der Waals surface area contributed by atoms with Gasteiger partial charge in [0.1, 0.15) is 17.9 Å². The van der Waals surface area contributed by atoms with Gasteiger partial charge in [0, 0.05) is 11.1 Å². The largest absolute Gasteiger partial charge is 0.507 e. The predicted octanol–water partition coefficient (Wildman–Crippen LogP) is 0.879. The minimum Gasteiger partial charge on any atom is -0.507 e. The molecule has 1 aliphatic rings. The van der Waals surface area contributed by atoms with Crippen LogP contribution in [0, 0.1) is 0 Å². The van der Waals surface area contributed by atoms with E-state index >= 15 is 0 Å². The number of aliphatic hydroxyl groups excluding tert-OH is 1. The van der Waals surface area contributed by atoms with Crippen LogP contribution in [0.2, 0.25) is 0 Å². The number of phenolic OH excluding ortho intramolecular Hbond substituents is 1. The molecule has 0 amide bonds. The van der Waals surface area contributed by atoms with E-state index in [9.17, 15) is 9.90 Å². The number of aliphatic hydroxyl groups is 1. The number of nitrogens with two attached hydrogens (primary N) is 1. The van der Waals surface area contributed by atoms with Crippen molar-refractivity contribution in [1.29, 1.82) is 0 Å². The summed E-state index contributed by atoms with van der Waals surface area (Å²) >= 11 is 0. The third-order valence-electron chi connectivity index (χ3n) is 3.36. The third kappa shape index (κ3) is 2.19. The van der Waals surface area contributed by atoms with Crippen LogP contribution in [0.4, 0.5) is 0 Å². The Bertz CT molecular complexity index is 454. The van der Waals surface area contributed by atoms with Gasteiger partial charge in [0.15, 0.2) is 0 Å². The standard InChI is InChI=1S/C13H17NO4/c14-13(5-2-6-13)10-4-1-3-9(11(10)16)12(17)18-8-7-15/h1,3-4,15-16H,2,5-8,14H2. The van der Waals surface area contributed by atoms with Crippen molar-refractivity contribution in [3.05, 3.63) is 29.3 Å². The molecule has 1 saturated carbocycles. The maximum atomic E-state index is 11.7. The highest BCUT2D eigenvalue weighted by atomic mass is 16.5. The normalized spacial score (nSPS) is 17.0. The number of hydrogen-bond donors (Lipinski definition) is 3. The Morgan fingerprint density at radius 2 is 2.17 bits per heavy atom. The van der Waals surface area contributed by atoms with E-state index in [0.29, 0.717) is 5.56 Å². The minimum atomic E-state index is -0.647. The van der Waals surface area contributed by atoms with E-state index in [4.69, 9.17) is 15.6 Å². The smallest absolute Gasteiger partial charge is 0.342 e. The highest BCUT2D eigenvalue weighted by molar-refractivity contribution is 5.93. The van der Waals surface area contributed by atoms with Gasteiger partial charge in [0.2, 0.25) is 0 Å². The summed E-state index contributed by atoms with van der Waals surface area (Å²) in [6.45, 7) is -0.330. The number of ether oxygens (including phenoxy) is 1. The molecule has 0 atom stereocenters. The second-order valence-electron chi connectivity index (χ2n) is 4.57. The number of hydrogen-bond acceptors (Lipinski definition) is 5. The Morgan fingerprint density at radius 3 is 2.72 bits per heavy atom. The van der Waals surface area contributed by atoms with Gasteiger partial charge in [-0.15, -0.1) is 0 Å². The molecule has 0 unspecified atom stereocenters. The minimum absolute atomic E-state index is 0.0870. The van der Waals surface area contributed by atoms with Crippen molar-refractivity contribution in [2.75, 3.05) is 13.2 Å². The molecular formula is C13H17NO4. The van der Waals surface area contributed by atoms with Crippen LogP contribution in [0.1, 0.15) is 35.2 Å². The van der Waals surface area contributed by atoms with E-state index in [1.165, 1.54) is 6.07 Å². The highest BCUT2D eigenvalue weighted by Gasteiger charge is 2.37. The number of para-hydroxylation sites is 1. The lowest BCUT2D eigenvalue weighted by atomic mass is 9.72. The van der Waals surface area contributed by atoms with Crippen LogP contribution >= 0.6 is 0 Å². The lowest BCUT2D eigenvalue weighted by molar-refractivity contribution is 0.0430. The van der Waals surface area contributed by atoms with Crippen LogP contribution in [0.3, 0.4) is 0 Å². The van der Waals surface area contributed by atoms with Gasteiger partial charge in [-0.25, -0.2) is 4.79 Å². The quantitative estimate of drug-likeness (QED) is 0.691. The van der Waals surface area contributed by atoms with Crippen LogP contribution in [-0.4, -0.2) is 29.4 Å². The molecule has 1 fully saturated rings. The fraction of sp³-hybridized carbons (Fsp3) is 0.462. The van der Waals surface area contributed by atoms with Gasteiger partial charge in [-0.1, -0.05) is 12.1 Å². The number of rotatable bonds is 4. The van der Waals surface area contributed by atoms with Crippen molar-refractivity contribution in [3.63, 3.8) is 0 Å². The first-order chi connectivity index (χ1) is 8.58. The van der Waals surface area contributed by atoms with Crippen molar-refractivity contribution in [2.45, 2.75) is 24.8 Å². The Labute approximate surface area is 105 Å². The average Bonchev–Trinajstić information content (AvgIpc) is 2.33. The van der Waals surface area contributed by atoms with Crippen LogP contribution in [0.25, 0.3) is 0 Å². The Hall–Kier alpha value is -1.59. The van der Waals surface area contributed by atoms with Crippen LogP contribution in [0.15, 0.2) is 18.2 Å². The molecule has 5 nitrogen and oxygen atoms in total. The fourth-order valence-corrected chi connectivity index (χ4v) is 2.15. The van der Waals surface area contributed by atoms with Gasteiger partial charge in [0.25, 0.3) is 0 Å². The molecule has 5 heteroatoms. The molecule has 98 valence electrons. The first-order valence-electron chi connectivity index (χ1n) is 5.98. The summed E-state index contributed by atoms with van der Waals surface area (Å²) in [6.07, 6.45) is 2.63. The maximum Gasteiger partial charge on any atom is 0.342 e. The lowest BCUT2D eigenvalue weighted by Crippen LogP contribution is -2.43. The van der Waals surface area contributed by atoms with E-state index in [1.54, 1.807) is 12.1 Å². The Morgan fingerprint density at radius 1 is 1.44 bits per heavy atom. The summed E-state index contributed by atoms with van der Waals surface area (Å²) in [6, 6.07) is 4.90. The summed E-state index contributed by atoms with van der Waals surface area (Å²) < 4.78 is 4.79. The van der Waals surface area contributed by atoms with Gasteiger partial charge in [-0.2, -0.15) is 0 Å². The molecule has 18 heavy (non-hydrogen) atoms. The summed E-state index contributed by atoms with van der Waals surface area (Å²) in [5.41, 5.74) is 6.30. The zero-order chi connectivity index (χ0) is 13.2. The highest BCUT2D eigenvalue weighted by Crippen LogP contribution is 2.43. The Kier molecular flexibility index (Phi) is 3.54. The van der Waals surface area contributed by atoms with Crippen LogP contribution in [-0.2, 0) is 10.3 Å². The van der Waals surface area contributed by atoms with Crippen LogP contribution in [0.5, 0.6) is 5.75 Å². The van der Waals surface area contributed by atoms with Crippen molar-refractivity contribution in [2.24, 2.45) is 5.73 Å². The number of phenols is 1. The fourth-order valence-electron chi connectivity index (χ4n) is 2.15. The molecule has 0 radical (unpaired) electrons. The summed E-state index contributed by atoms with van der Waals surface area (Å²) in [5.74, 6) is -0.756.